The van der Waals surface area contributed by atoms with E-state index in [4.69, 9.17) is 31.6 Å². The van der Waals surface area contributed by atoms with Gasteiger partial charge in [-0.2, -0.15) is 15.2 Å². The summed E-state index contributed by atoms with van der Waals surface area (Å²) in [5.41, 5.74) is 2.95. The highest BCUT2D eigenvalue weighted by atomic mass is 35.5. The largest absolute Gasteiger partial charge is 0.461 e. The van der Waals surface area contributed by atoms with Crippen molar-refractivity contribution < 1.29 is 9.13 Å². The van der Waals surface area contributed by atoms with Crippen molar-refractivity contribution in [3.8, 4) is 12.1 Å². The second kappa shape index (κ2) is 14.1. The Morgan fingerprint density at radius 3 is 2.59 bits per heavy atom. The third kappa shape index (κ3) is 6.83. The van der Waals surface area contributed by atoms with Gasteiger partial charge in [0.25, 0.3) is 0 Å². The fourth-order valence-corrected chi connectivity index (χ4v) is 6.03. The minimum absolute atomic E-state index is 0.112. The van der Waals surface area contributed by atoms with E-state index < -0.39 is 5.82 Å². The Morgan fingerprint density at radius 2 is 1.90 bits per heavy atom. The SMILES string of the molecule is CC#N.CCCC(CC)(COc1nc2c(c(N3CCNCC3)n1)CCN(c1cccc3ccc(F)c(Cl)c13)C2)NC. The van der Waals surface area contributed by atoms with E-state index in [-0.39, 0.29) is 10.6 Å². The molecule has 5 rings (SSSR count). The van der Waals surface area contributed by atoms with E-state index in [0.717, 1.165) is 86.4 Å². The third-order valence-corrected chi connectivity index (χ3v) is 8.48. The maximum absolute atomic E-state index is 14.4. The Morgan fingerprint density at radius 1 is 1.15 bits per heavy atom. The van der Waals surface area contributed by atoms with Crippen LogP contribution in [-0.4, -0.2) is 61.9 Å². The van der Waals surface area contributed by atoms with Gasteiger partial charge in [0.05, 0.1) is 28.9 Å². The Kier molecular flexibility index (Phi) is 10.6. The molecule has 1 atom stereocenters. The number of ether oxygens (including phenoxy) is 1. The topological polar surface area (TPSA) is 89.3 Å². The summed E-state index contributed by atoms with van der Waals surface area (Å²) < 4.78 is 20.8. The Balaban J connectivity index is 0.00000124. The molecule has 1 saturated heterocycles. The van der Waals surface area contributed by atoms with Gasteiger partial charge < -0.3 is 25.2 Å². The van der Waals surface area contributed by atoms with Crippen molar-refractivity contribution in [1.82, 2.24) is 20.6 Å². The molecule has 0 spiro atoms. The van der Waals surface area contributed by atoms with Crippen molar-refractivity contribution in [1.29, 1.82) is 5.26 Å². The van der Waals surface area contributed by atoms with Crippen molar-refractivity contribution in [2.24, 2.45) is 0 Å². The molecule has 1 unspecified atom stereocenters. The summed E-state index contributed by atoms with van der Waals surface area (Å²) in [4.78, 5) is 14.5. The molecule has 2 N–H and O–H groups in total. The predicted molar refractivity (Wildman–Crippen MR) is 165 cm³/mol. The molecule has 8 nitrogen and oxygen atoms in total. The van der Waals surface area contributed by atoms with Crippen molar-refractivity contribution in [2.75, 3.05) is 56.2 Å². The van der Waals surface area contributed by atoms with E-state index in [0.29, 0.717) is 19.2 Å². The van der Waals surface area contributed by atoms with Gasteiger partial charge >= 0.3 is 6.01 Å². The lowest BCUT2D eigenvalue weighted by Crippen LogP contribution is -2.48. The van der Waals surface area contributed by atoms with E-state index in [2.05, 4.69) is 34.3 Å². The molecule has 0 saturated carbocycles. The minimum atomic E-state index is -0.404. The number of nitrogens with one attached hydrogen (secondary N) is 2. The predicted octanol–water partition coefficient (Wildman–Crippen LogP) is 5.47. The first-order chi connectivity index (χ1) is 19.9. The van der Waals surface area contributed by atoms with Gasteiger partial charge in [0.1, 0.15) is 18.2 Å². The molecule has 2 aliphatic heterocycles. The number of piperazine rings is 1. The normalized spacial score (nSPS) is 16.3. The van der Waals surface area contributed by atoms with Crippen LogP contribution in [0.4, 0.5) is 15.9 Å². The van der Waals surface area contributed by atoms with Crippen LogP contribution in [-0.2, 0) is 13.0 Å². The number of halogens is 2. The molecule has 1 fully saturated rings. The van der Waals surface area contributed by atoms with E-state index in [1.165, 1.54) is 18.6 Å². The summed E-state index contributed by atoms with van der Waals surface area (Å²) in [6.45, 7) is 11.3. The molecule has 220 valence electrons. The van der Waals surface area contributed by atoms with Crippen LogP contribution in [0.5, 0.6) is 6.01 Å². The molecule has 2 aromatic carbocycles. The lowest BCUT2D eigenvalue weighted by molar-refractivity contribution is 0.161. The van der Waals surface area contributed by atoms with Crippen LogP contribution in [0, 0.1) is 17.1 Å². The molecule has 0 amide bonds. The van der Waals surface area contributed by atoms with Gasteiger partial charge in [-0.3, -0.25) is 0 Å². The van der Waals surface area contributed by atoms with Gasteiger partial charge in [0.2, 0.25) is 0 Å². The molecular formula is C31H41ClFN7O. The Labute approximate surface area is 247 Å². The van der Waals surface area contributed by atoms with Gasteiger partial charge in [-0.15, -0.1) is 0 Å². The fraction of sp³-hybridized carbons (Fsp3) is 0.516. The summed E-state index contributed by atoms with van der Waals surface area (Å²) in [5, 5.41) is 16.1. The summed E-state index contributed by atoms with van der Waals surface area (Å²) >= 11 is 6.47. The highest BCUT2D eigenvalue weighted by Crippen LogP contribution is 2.38. The number of benzene rings is 2. The number of nitriles is 1. The van der Waals surface area contributed by atoms with Crippen LogP contribution in [0.1, 0.15) is 51.3 Å². The monoisotopic (exact) mass is 581 g/mol. The lowest BCUT2D eigenvalue weighted by atomic mass is 9.92. The number of nitrogens with zero attached hydrogens (tertiary/aromatic N) is 5. The summed E-state index contributed by atoms with van der Waals surface area (Å²) in [5.74, 6) is 0.578. The zero-order valence-electron chi connectivity index (χ0n) is 24.6. The number of hydrogen-bond acceptors (Lipinski definition) is 8. The number of aromatic nitrogens is 2. The van der Waals surface area contributed by atoms with Crippen molar-refractivity contribution >= 4 is 33.9 Å². The summed E-state index contributed by atoms with van der Waals surface area (Å²) in [6.07, 6.45) is 3.84. The van der Waals surface area contributed by atoms with Gasteiger partial charge in [0, 0.05) is 56.3 Å². The molecule has 3 aromatic rings. The molecule has 0 radical (unpaired) electrons. The molecule has 10 heteroatoms. The first-order valence-corrected chi connectivity index (χ1v) is 14.9. The number of likely N-dealkylation sites (N-methyl/N-ethyl adjacent to an activating group) is 1. The van der Waals surface area contributed by atoms with E-state index in [1.54, 1.807) is 12.1 Å². The zero-order chi connectivity index (χ0) is 29.4. The van der Waals surface area contributed by atoms with E-state index >= 15 is 0 Å². The van der Waals surface area contributed by atoms with Gasteiger partial charge in [-0.1, -0.05) is 50.1 Å². The molecule has 1 aromatic heterocycles. The van der Waals surface area contributed by atoms with Gasteiger partial charge in [-0.25, -0.2) is 4.39 Å². The first kappa shape index (κ1) is 30.8. The summed E-state index contributed by atoms with van der Waals surface area (Å²) in [7, 11) is 2.00. The Bertz CT molecular complexity index is 1370. The number of hydrogen-bond donors (Lipinski definition) is 2. The molecule has 0 bridgehead atoms. The van der Waals surface area contributed by atoms with Crippen LogP contribution in [0.3, 0.4) is 0 Å². The van der Waals surface area contributed by atoms with Crippen LogP contribution in [0.25, 0.3) is 10.8 Å². The van der Waals surface area contributed by atoms with Crippen molar-refractivity contribution in [2.45, 2.75) is 58.5 Å². The van der Waals surface area contributed by atoms with Gasteiger partial charge in [0.15, 0.2) is 0 Å². The second-order valence-electron chi connectivity index (χ2n) is 10.5. The average molecular weight is 582 g/mol. The Hall–Kier alpha value is -3.19. The average Bonchev–Trinajstić information content (AvgIpc) is 3.01. The maximum atomic E-state index is 14.4. The highest BCUT2D eigenvalue weighted by Gasteiger charge is 2.30. The lowest BCUT2D eigenvalue weighted by Gasteiger charge is -2.36. The number of anilines is 2. The summed E-state index contributed by atoms with van der Waals surface area (Å²) in [6, 6.07) is 11.4. The zero-order valence-corrected chi connectivity index (χ0v) is 25.3. The van der Waals surface area contributed by atoms with E-state index in [9.17, 15) is 4.39 Å². The molecule has 41 heavy (non-hydrogen) atoms. The standard InChI is InChI=1S/C29H38ClFN6O.C2H3N/c1-4-12-29(5-2,32-3)19-38-28-34-23-18-37(15-11-21(23)27(35-28)36-16-13-33-14-17-36)24-8-6-7-20-9-10-22(31)26(30)25(20)24;1-2-3/h6-10,32-33H,4-5,11-19H2,1-3H3;1H3. The first-order valence-electron chi connectivity index (χ1n) is 14.5. The molecule has 3 heterocycles. The van der Waals surface area contributed by atoms with Crippen molar-refractivity contribution in [3.05, 3.63) is 52.4 Å². The smallest absolute Gasteiger partial charge is 0.318 e. The highest BCUT2D eigenvalue weighted by molar-refractivity contribution is 6.36. The quantitative estimate of drug-likeness (QED) is 0.344. The third-order valence-electron chi connectivity index (χ3n) is 8.11. The fourth-order valence-electron chi connectivity index (χ4n) is 5.76. The number of fused-ring (bicyclic) bond motifs is 2. The van der Waals surface area contributed by atoms with Crippen LogP contribution in [0.15, 0.2) is 30.3 Å². The van der Waals surface area contributed by atoms with Crippen LogP contribution >= 0.6 is 11.6 Å². The van der Waals surface area contributed by atoms with Crippen LogP contribution < -0.4 is 25.2 Å². The number of rotatable bonds is 9. The molecule has 0 aliphatic carbocycles. The van der Waals surface area contributed by atoms with Crippen molar-refractivity contribution in [3.63, 3.8) is 0 Å². The maximum Gasteiger partial charge on any atom is 0.318 e. The van der Waals surface area contributed by atoms with Crippen LogP contribution in [0.2, 0.25) is 5.02 Å². The molecular weight excluding hydrogens is 541 g/mol. The molecule has 2 aliphatic rings. The minimum Gasteiger partial charge on any atom is -0.461 e. The van der Waals surface area contributed by atoms with E-state index in [1.807, 2.05) is 25.2 Å². The second-order valence-corrected chi connectivity index (χ2v) is 10.9. The van der Waals surface area contributed by atoms with Gasteiger partial charge in [-0.05, 0) is 43.8 Å².